The minimum Gasteiger partial charge on any atom is -0.460 e. The normalized spacial score (nSPS) is 11.2. The molecule has 0 spiro atoms. The Morgan fingerprint density at radius 1 is 1.22 bits per heavy atom. The Morgan fingerprint density at radius 2 is 1.83 bits per heavy atom. The van der Waals surface area contributed by atoms with Crippen molar-refractivity contribution in [2.45, 2.75) is 13.1 Å². The Kier molecular flexibility index (Phi) is 4.05. The highest BCUT2D eigenvalue weighted by Crippen LogP contribution is 2.30. The summed E-state index contributed by atoms with van der Waals surface area (Å²) in [4.78, 5) is 22.4. The van der Waals surface area contributed by atoms with Crippen LogP contribution >= 0.6 is 0 Å². The molecule has 0 unspecified atom stereocenters. The van der Waals surface area contributed by atoms with Gasteiger partial charge >= 0.3 is 12.1 Å². The molecule has 0 radical (unpaired) electrons. The molecule has 98 valence electrons. The van der Waals surface area contributed by atoms with Crippen LogP contribution in [0.3, 0.4) is 0 Å². The molecule has 0 aliphatic carbocycles. The van der Waals surface area contributed by atoms with Crippen LogP contribution in [0.2, 0.25) is 0 Å². The third kappa shape index (κ3) is 3.28. The number of hydrogen-bond donors (Lipinski definition) is 0. The van der Waals surface area contributed by atoms with Gasteiger partial charge < -0.3 is 4.74 Å². The van der Waals surface area contributed by atoms with Crippen molar-refractivity contribution in [1.82, 2.24) is 0 Å². The third-order valence-electron chi connectivity index (χ3n) is 1.95. The van der Waals surface area contributed by atoms with E-state index in [1.807, 2.05) is 0 Å². The summed E-state index contributed by atoms with van der Waals surface area (Å²) < 4.78 is 54.4. The van der Waals surface area contributed by atoms with Gasteiger partial charge in [-0.05, 0) is 25.1 Å². The SMILES string of the molecule is CCOC(=O)C(=O)c1cc(F)cc(C(F)(F)F)c1. The highest BCUT2D eigenvalue weighted by atomic mass is 19.4. The largest absolute Gasteiger partial charge is 0.460 e. The zero-order valence-corrected chi connectivity index (χ0v) is 9.18. The topological polar surface area (TPSA) is 43.4 Å². The van der Waals surface area contributed by atoms with Crippen molar-refractivity contribution in [3.05, 3.63) is 35.1 Å². The number of benzene rings is 1. The Hall–Kier alpha value is -1.92. The Balaban J connectivity index is 3.14. The second-order valence-electron chi connectivity index (χ2n) is 3.28. The summed E-state index contributed by atoms with van der Waals surface area (Å²) in [5.41, 5.74) is -2.03. The zero-order valence-electron chi connectivity index (χ0n) is 9.18. The van der Waals surface area contributed by atoms with Crippen LogP contribution in [0.1, 0.15) is 22.8 Å². The minimum absolute atomic E-state index is 0.105. The Labute approximate surface area is 99.4 Å². The number of rotatable bonds is 3. The lowest BCUT2D eigenvalue weighted by Crippen LogP contribution is -2.18. The van der Waals surface area contributed by atoms with E-state index in [4.69, 9.17) is 0 Å². The summed E-state index contributed by atoms with van der Waals surface area (Å²) in [5, 5.41) is 0. The van der Waals surface area contributed by atoms with Crippen LogP contribution in [0, 0.1) is 5.82 Å². The average molecular weight is 264 g/mol. The van der Waals surface area contributed by atoms with Crippen LogP contribution in [0.15, 0.2) is 18.2 Å². The number of esters is 1. The number of ketones is 1. The van der Waals surface area contributed by atoms with E-state index in [9.17, 15) is 27.2 Å². The first-order valence-corrected chi connectivity index (χ1v) is 4.85. The van der Waals surface area contributed by atoms with Gasteiger partial charge in [0.2, 0.25) is 0 Å². The quantitative estimate of drug-likeness (QED) is 0.365. The van der Waals surface area contributed by atoms with Crippen molar-refractivity contribution < 1.29 is 31.9 Å². The second kappa shape index (κ2) is 5.16. The van der Waals surface area contributed by atoms with E-state index in [2.05, 4.69) is 4.74 Å². The standard InChI is InChI=1S/C11H8F4O3/c1-2-18-10(17)9(16)6-3-7(11(13,14)15)5-8(12)4-6/h3-5H,2H2,1H3. The monoisotopic (exact) mass is 264 g/mol. The van der Waals surface area contributed by atoms with Crippen LogP contribution in [0.5, 0.6) is 0 Å². The number of carbonyl (C=O) groups excluding carboxylic acids is 2. The predicted octanol–water partition coefficient (Wildman–Crippen LogP) is 2.59. The van der Waals surface area contributed by atoms with E-state index < -0.39 is 34.9 Å². The molecule has 0 N–H and O–H groups in total. The maximum absolute atomic E-state index is 13.0. The summed E-state index contributed by atoms with van der Waals surface area (Å²) in [5.74, 6) is -3.89. The van der Waals surface area contributed by atoms with Gasteiger partial charge in [-0.15, -0.1) is 0 Å². The van der Waals surface area contributed by atoms with Crippen molar-refractivity contribution >= 4 is 11.8 Å². The predicted molar refractivity (Wildman–Crippen MR) is 52.4 cm³/mol. The van der Waals surface area contributed by atoms with Gasteiger partial charge in [-0.1, -0.05) is 0 Å². The van der Waals surface area contributed by atoms with Gasteiger partial charge in [-0.25, -0.2) is 9.18 Å². The third-order valence-corrected chi connectivity index (χ3v) is 1.95. The molecule has 0 atom stereocenters. The Morgan fingerprint density at radius 3 is 2.33 bits per heavy atom. The lowest BCUT2D eigenvalue weighted by molar-refractivity contribution is -0.139. The number of Topliss-reactive ketones (excluding diaryl/α,β-unsaturated/α-hetero) is 1. The number of ether oxygens (including phenoxy) is 1. The van der Waals surface area contributed by atoms with Gasteiger partial charge in [-0.2, -0.15) is 13.2 Å². The molecule has 0 heterocycles. The lowest BCUT2D eigenvalue weighted by atomic mass is 10.1. The van der Waals surface area contributed by atoms with Gasteiger partial charge in [0.05, 0.1) is 12.2 Å². The van der Waals surface area contributed by atoms with Gasteiger partial charge in [0.15, 0.2) is 0 Å². The summed E-state index contributed by atoms with van der Waals surface area (Å²) in [6, 6.07) is 1.19. The van der Waals surface area contributed by atoms with Crippen molar-refractivity contribution in [2.75, 3.05) is 6.61 Å². The van der Waals surface area contributed by atoms with Crippen LogP contribution in [-0.4, -0.2) is 18.4 Å². The first-order chi connectivity index (χ1) is 8.25. The summed E-state index contributed by atoms with van der Waals surface area (Å²) in [6.45, 7) is 1.32. The molecule has 0 bridgehead atoms. The number of hydrogen-bond acceptors (Lipinski definition) is 3. The van der Waals surface area contributed by atoms with E-state index in [0.29, 0.717) is 12.1 Å². The number of halogens is 4. The lowest BCUT2D eigenvalue weighted by Gasteiger charge is -2.08. The molecule has 1 aromatic rings. The minimum atomic E-state index is -4.80. The van der Waals surface area contributed by atoms with Gasteiger partial charge in [0, 0.05) is 5.56 Å². The molecule has 18 heavy (non-hydrogen) atoms. The van der Waals surface area contributed by atoms with Gasteiger partial charge in [0.1, 0.15) is 5.82 Å². The molecule has 0 amide bonds. The Bertz CT molecular complexity index is 480. The highest BCUT2D eigenvalue weighted by molar-refractivity contribution is 6.40. The molecule has 0 saturated heterocycles. The average Bonchev–Trinajstić information content (AvgIpc) is 2.26. The first kappa shape index (κ1) is 14.1. The van der Waals surface area contributed by atoms with Crippen LogP contribution in [0.4, 0.5) is 17.6 Å². The fourth-order valence-corrected chi connectivity index (χ4v) is 1.20. The highest BCUT2D eigenvalue weighted by Gasteiger charge is 2.32. The van der Waals surface area contributed by atoms with Crippen molar-refractivity contribution in [3.63, 3.8) is 0 Å². The van der Waals surface area contributed by atoms with Crippen molar-refractivity contribution in [1.29, 1.82) is 0 Å². The summed E-state index contributed by atoms with van der Waals surface area (Å²) >= 11 is 0. The second-order valence-corrected chi connectivity index (χ2v) is 3.28. The fraction of sp³-hybridized carbons (Fsp3) is 0.273. The molecule has 0 fully saturated rings. The molecule has 0 saturated carbocycles. The maximum atomic E-state index is 13.0. The van der Waals surface area contributed by atoms with Crippen LogP contribution < -0.4 is 0 Å². The molecule has 7 heteroatoms. The summed E-state index contributed by atoms with van der Waals surface area (Å²) in [6.07, 6.45) is -4.80. The molecular formula is C11H8F4O3. The van der Waals surface area contributed by atoms with Gasteiger partial charge in [0.25, 0.3) is 5.78 Å². The molecule has 0 aliphatic heterocycles. The molecule has 3 nitrogen and oxygen atoms in total. The zero-order chi connectivity index (χ0) is 13.9. The molecule has 1 rings (SSSR count). The van der Waals surface area contributed by atoms with Gasteiger partial charge in [-0.3, -0.25) is 4.79 Å². The van der Waals surface area contributed by atoms with E-state index in [-0.39, 0.29) is 12.7 Å². The molecular weight excluding hydrogens is 256 g/mol. The van der Waals surface area contributed by atoms with E-state index >= 15 is 0 Å². The smallest absolute Gasteiger partial charge is 0.416 e. The van der Waals surface area contributed by atoms with Crippen molar-refractivity contribution in [2.24, 2.45) is 0 Å². The molecule has 0 aliphatic rings. The van der Waals surface area contributed by atoms with Crippen LogP contribution in [0.25, 0.3) is 0 Å². The number of carbonyl (C=O) groups is 2. The van der Waals surface area contributed by atoms with Crippen molar-refractivity contribution in [3.8, 4) is 0 Å². The molecule has 0 aromatic heterocycles. The number of alkyl halides is 3. The first-order valence-electron chi connectivity index (χ1n) is 4.85. The molecule has 1 aromatic carbocycles. The fourth-order valence-electron chi connectivity index (χ4n) is 1.20. The summed E-state index contributed by atoms with van der Waals surface area (Å²) in [7, 11) is 0. The van der Waals surface area contributed by atoms with E-state index in [1.54, 1.807) is 0 Å². The maximum Gasteiger partial charge on any atom is 0.416 e. The van der Waals surface area contributed by atoms with Crippen LogP contribution in [-0.2, 0) is 15.7 Å². The van der Waals surface area contributed by atoms with E-state index in [0.717, 1.165) is 0 Å². The van der Waals surface area contributed by atoms with E-state index in [1.165, 1.54) is 6.92 Å².